The van der Waals surface area contributed by atoms with Gasteiger partial charge in [-0.2, -0.15) is 0 Å². The van der Waals surface area contributed by atoms with Crippen molar-refractivity contribution in [3.05, 3.63) is 64.7 Å². The van der Waals surface area contributed by atoms with Gasteiger partial charge >= 0.3 is 11.9 Å². The number of carboxylic acids is 1. The van der Waals surface area contributed by atoms with Crippen LogP contribution in [0.3, 0.4) is 0 Å². The summed E-state index contributed by atoms with van der Waals surface area (Å²) in [7, 11) is 5.57. The summed E-state index contributed by atoms with van der Waals surface area (Å²) in [4.78, 5) is 24.4. The second kappa shape index (κ2) is 9.98. The van der Waals surface area contributed by atoms with E-state index in [1.807, 2.05) is 6.07 Å². The Balaban J connectivity index is 2.75. The highest BCUT2D eigenvalue weighted by atomic mass is 16.5. The molecule has 7 heteroatoms. The van der Waals surface area contributed by atoms with Crippen molar-refractivity contribution in [3.8, 4) is 17.2 Å². The molecule has 0 amide bonds. The van der Waals surface area contributed by atoms with E-state index in [1.54, 1.807) is 36.4 Å². The van der Waals surface area contributed by atoms with Crippen LogP contribution in [0.4, 0.5) is 0 Å². The zero-order chi connectivity index (χ0) is 21.4. The van der Waals surface area contributed by atoms with Crippen molar-refractivity contribution in [2.45, 2.75) is 0 Å². The van der Waals surface area contributed by atoms with Gasteiger partial charge in [-0.05, 0) is 17.7 Å². The summed E-state index contributed by atoms with van der Waals surface area (Å²) in [5.74, 6) is -0.931. The molecule has 7 nitrogen and oxygen atoms in total. The molecule has 0 aliphatic heterocycles. The first-order chi connectivity index (χ1) is 13.9. The Morgan fingerprint density at radius 2 is 1.41 bits per heavy atom. The van der Waals surface area contributed by atoms with E-state index >= 15 is 0 Å². The average Bonchev–Trinajstić information content (AvgIpc) is 2.75. The van der Waals surface area contributed by atoms with E-state index in [9.17, 15) is 14.7 Å². The molecule has 0 heterocycles. The minimum absolute atomic E-state index is 0.161. The highest BCUT2D eigenvalue weighted by Crippen LogP contribution is 2.36. The average molecular weight is 398 g/mol. The fraction of sp³-hybridized carbons (Fsp3) is 0.182. The van der Waals surface area contributed by atoms with Crippen molar-refractivity contribution in [1.29, 1.82) is 0 Å². The Kier molecular flexibility index (Phi) is 7.42. The monoisotopic (exact) mass is 398 g/mol. The third-order valence-electron chi connectivity index (χ3n) is 4.08. The van der Waals surface area contributed by atoms with Crippen LogP contribution in [0.5, 0.6) is 17.2 Å². The lowest BCUT2D eigenvalue weighted by Gasteiger charge is -2.14. The summed E-state index contributed by atoms with van der Waals surface area (Å²) in [6, 6.07) is 12.0. The first-order valence-electron chi connectivity index (χ1n) is 8.55. The number of aliphatic carboxylic acids is 1. The van der Waals surface area contributed by atoms with Gasteiger partial charge in [-0.15, -0.1) is 0 Å². The van der Waals surface area contributed by atoms with E-state index in [0.29, 0.717) is 28.4 Å². The molecule has 152 valence electrons. The second-order valence-corrected chi connectivity index (χ2v) is 5.77. The van der Waals surface area contributed by atoms with E-state index in [1.165, 1.54) is 40.6 Å². The lowest BCUT2D eigenvalue weighted by molar-refractivity contribution is -0.138. The minimum atomic E-state index is -1.28. The van der Waals surface area contributed by atoms with Crippen LogP contribution in [0.15, 0.2) is 53.6 Å². The van der Waals surface area contributed by atoms with Gasteiger partial charge in [-0.25, -0.2) is 9.59 Å². The molecule has 0 unspecified atom stereocenters. The van der Waals surface area contributed by atoms with E-state index in [-0.39, 0.29) is 11.1 Å². The summed E-state index contributed by atoms with van der Waals surface area (Å²) in [6.07, 6.45) is 2.76. The number of hydrogen-bond acceptors (Lipinski definition) is 6. The van der Waals surface area contributed by atoms with Crippen molar-refractivity contribution >= 4 is 24.1 Å². The number of carboxylic acid groups (broad SMARTS) is 1. The minimum Gasteiger partial charge on any atom is -0.496 e. The zero-order valence-corrected chi connectivity index (χ0v) is 16.6. The van der Waals surface area contributed by atoms with Crippen LogP contribution in [0.25, 0.3) is 12.2 Å². The molecule has 0 radical (unpaired) electrons. The maximum Gasteiger partial charge on any atom is 0.338 e. The molecule has 0 fully saturated rings. The maximum atomic E-state index is 12.5. The van der Waals surface area contributed by atoms with Gasteiger partial charge in [0.15, 0.2) is 0 Å². The van der Waals surface area contributed by atoms with Gasteiger partial charge in [-0.3, -0.25) is 0 Å². The standard InChI is InChI=1S/C22H22O7/c1-26-15-11-19(27-2)18(20(12-15)28-3)13-17(22(25)29-4)16(21(23)24)10-14-8-6-5-7-9-14/h5-13H,1-4H3,(H,23,24). The fourth-order valence-electron chi connectivity index (χ4n) is 2.65. The third-order valence-corrected chi connectivity index (χ3v) is 4.08. The van der Waals surface area contributed by atoms with E-state index in [4.69, 9.17) is 18.9 Å². The predicted octanol–water partition coefficient (Wildman–Crippen LogP) is 3.44. The van der Waals surface area contributed by atoms with Crippen molar-refractivity contribution < 1.29 is 33.6 Å². The number of benzene rings is 2. The molecular formula is C22H22O7. The topological polar surface area (TPSA) is 91.3 Å². The van der Waals surface area contributed by atoms with Gasteiger partial charge in [0.05, 0.1) is 45.1 Å². The van der Waals surface area contributed by atoms with Crippen LogP contribution in [-0.2, 0) is 14.3 Å². The summed E-state index contributed by atoms with van der Waals surface area (Å²) < 4.78 is 20.8. The van der Waals surface area contributed by atoms with Gasteiger partial charge in [0.1, 0.15) is 17.2 Å². The van der Waals surface area contributed by atoms with E-state index in [2.05, 4.69) is 0 Å². The first kappa shape index (κ1) is 21.6. The third kappa shape index (κ3) is 5.16. The number of hydrogen-bond donors (Lipinski definition) is 1. The van der Waals surface area contributed by atoms with Crippen LogP contribution in [0.1, 0.15) is 11.1 Å². The van der Waals surface area contributed by atoms with Gasteiger partial charge in [0, 0.05) is 12.1 Å². The number of esters is 1. The summed E-state index contributed by atoms with van der Waals surface area (Å²) >= 11 is 0. The summed E-state index contributed by atoms with van der Waals surface area (Å²) in [6.45, 7) is 0. The maximum absolute atomic E-state index is 12.5. The van der Waals surface area contributed by atoms with Gasteiger partial charge in [-0.1, -0.05) is 30.3 Å². The molecule has 2 aromatic carbocycles. The molecule has 0 atom stereocenters. The predicted molar refractivity (Wildman–Crippen MR) is 108 cm³/mol. The molecule has 0 saturated heterocycles. The summed E-state index contributed by atoms with van der Waals surface area (Å²) in [5, 5.41) is 9.76. The SMILES string of the molecule is COC(=O)C(=Cc1c(OC)cc(OC)cc1OC)C(=Cc1ccccc1)C(=O)O. The quantitative estimate of drug-likeness (QED) is 0.414. The molecule has 1 N–H and O–H groups in total. The lowest BCUT2D eigenvalue weighted by Crippen LogP contribution is -2.13. The fourth-order valence-corrected chi connectivity index (χ4v) is 2.65. The largest absolute Gasteiger partial charge is 0.496 e. The molecule has 0 spiro atoms. The second-order valence-electron chi connectivity index (χ2n) is 5.77. The van der Waals surface area contributed by atoms with Gasteiger partial charge < -0.3 is 24.1 Å². The highest BCUT2D eigenvalue weighted by molar-refractivity contribution is 6.12. The number of ether oxygens (including phenoxy) is 4. The molecular weight excluding hydrogens is 376 g/mol. The van der Waals surface area contributed by atoms with Crippen molar-refractivity contribution in [2.75, 3.05) is 28.4 Å². The lowest BCUT2D eigenvalue weighted by atomic mass is 9.99. The number of carbonyl (C=O) groups is 2. The van der Waals surface area contributed by atoms with E-state index < -0.39 is 11.9 Å². The van der Waals surface area contributed by atoms with Crippen LogP contribution >= 0.6 is 0 Å². The number of rotatable bonds is 8. The van der Waals surface area contributed by atoms with Crippen LogP contribution in [-0.4, -0.2) is 45.5 Å². The van der Waals surface area contributed by atoms with Crippen LogP contribution in [0, 0.1) is 0 Å². The molecule has 0 aliphatic rings. The summed E-state index contributed by atoms with van der Waals surface area (Å²) in [5.41, 5.74) is 0.596. The van der Waals surface area contributed by atoms with Crippen LogP contribution in [0.2, 0.25) is 0 Å². The molecule has 0 saturated carbocycles. The zero-order valence-electron chi connectivity index (χ0n) is 16.6. The Morgan fingerprint density at radius 1 is 0.828 bits per heavy atom. The Labute approximate surface area is 168 Å². The number of methoxy groups -OCH3 is 4. The molecule has 2 rings (SSSR count). The van der Waals surface area contributed by atoms with Crippen molar-refractivity contribution in [2.24, 2.45) is 0 Å². The highest BCUT2D eigenvalue weighted by Gasteiger charge is 2.23. The normalized spacial score (nSPS) is 11.6. The van der Waals surface area contributed by atoms with Gasteiger partial charge in [0.2, 0.25) is 0 Å². The molecule has 0 bridgehead atoms. The number of carbonyl (C=O) groups excluding carboxylic acids is 1. The van der Waals surface area contributed by atoms with Gasteiger partial charge in [0.25, 0.3) is 0 Å². The Hall–Kier alpha value is -3.74. The molecule has 0 aliphatic carbocycles. The molecule has 29 heavy (non-hydrogen) atoms. The van der Waals surface area contributed by atoms with Crippen molar-refractivity contribution in [1.82, 2.24) is 0 Å². The van der Waals surface area contributed by atoms with Crippen molar-refractivity contribution in [3.63, 3.8) is 0 Å². The molecule has 0 aromatic heterocycles. The first-order valence-corrected chi connectivity index (χ1v) is 8.55. The smallest absolute Gasteiger partial charge is 0.338 e. The Morgan fingerprint density at radius 3 is 1.86 bits per heavy atom. The Bertz CT molecular complexity index is 918. The van der Waals surface area contributed by atoms with Crippen LogP contribution < -0.4 is 14.2 Å². The molecule has 2 aromatic rings. The van der Waals surface area contributed by atoms with E-state index in [0.717, 1.165) is 0 Å².